The Kier molecular flexibility index (Phi) is 6.70. The molecule has 0 saturated heterocycles. The summed E-state index contributed by atoms with van der Waals surface area (Å²) in [5, 5.41) is 2.89. The number of ether oxygens (including phenoxy) is 1. The third-order valence-corrected chi connectivity index (χ3v) is 4.96. The van der Waals surface area contributed by atoms with Gasteiger partial charge in [0.05, 0.1) is 24.2 Å². The van der Waals surface area contributed by atoms with Gasteiger partial charge in [-0.25, -0.2) is 4.98 Å². The first-order valence-corrected chi connectivity index (χ1v) is 10.0. The summed E-state index contributed by atoms with van der Waals surface area (Å²) < 4.78 is 8.21. The molecule has 1 heterocycles. The number of para-hydroxylation sites is 3. The largest absolute Gasteiger partial charge is 0.493 e. The van der Waals surface area contributed by atoms with Crippen molar-refractivity contribution in [3.63, 3.8) is 0 Å². The van der Waals surface area contributed by atoms with Crippen molar-refractivity contribution in [2.24, 2.45) is 0 Å². The molecule has 3 rings (SSSR count). The molecule has 0 fully saturated rings. The third kappa shape index (κ3) is 5.05. The van der Waals surface area contributed by atoms with Crippen LogP contribution < -0.4 is 10.1 Å². The predicted molar refractivity (Wildman–Crippen MR) is 117 cm³/mol. The van der Waals surface area contributed by atoms with E-state index >= 15 is 0 Å². The highest BCUT2D eigenvalue weighted by atomic mass is 16.5. The molecule has 0 aliphatic rings. The molecular formula is C24H29N3O2. The minimum atomic E-state index is -0.148. The quantitative estimate of drug-likeness (QED) is 0.425. The van der Waals surface area contributed by atoms with Gasteiger partial charge in [-0.1, -0.05) is 36.9 Å². The molecule has 5 nitrogen and oxygen atoms in total. The van der Waals surface area contributed by atoms with Gasteiger partial charge in [-0.05, 0) is 56.9 Å². The first kappa shape index (κ1) is 20.6. The number of aromatic nitrogens is 2. The molecule has 0 atom stereocenters. The number of carbonyl (C=O) groups is 1. The highest BCUT2D eigenvalue weighted by molar-refractivity contribution is 5.92. The summed E-state index contributed by atoms with van der Waals surface area (Å²) in [6, 6.07) is 14.3. The molecule has 0 saturated carbocycles. The van der Waals surface area contributed by atoms with E-state index in [9.17, 15) is 4.79 Å². The SMILES string of the molecule is C=C(C)C(=O)NCc1nc2ccccc2n1CCCCOc1c(C)cccc1C. The van der Waals surface area contributed by atoms with E-state index in [0.717, 1.165) is 42.0 Å². The third-order valence-electron chi connectivity index (χ3n) is 4.96. The molecule has 0 radical (unpaired) electrons. The highest BCUT2D eigenvalue weighted by Gasteiger charge is 2.12. The second-order valence-electron chi connectivity index (χ2n) is 7.41. The van der Waals surface area contributed by atoms with Crippen LogP contribution in [-0.4, -0.2) is 22.1 Å². The maximum Gasteiger partial charge on any atom is 0.246 e. The number of hydrogen-bond donors (Lipinski definition) is 1. The van der Waals surface area contributed by atoms with E-state index in [1.807, 2.05) is 18.2 Å². The van der Waals surface area contributed by atoms with E-state index in [4.69, 9.17) is 9.72 Å². The van der Waals surface area contributed by atoms with Crippen molar-refractivity contribution in [3.05, 3.63) is 71.6 Å². The van der Waals surface area contributed by atoms with Crippen LogP contribution >= 0.6 is 0 Å². The van der Waals surface area contributed by atoms with Crippen molar-refractivity contribution in [1.82, 2.24) is 14.9 Å². The molecule has 1 N–H and O–H groups in total. The van der Waals surface area contributed by atoms with Crippen molar-refractivity contribution in [2.75, 3.05) is 6.61 Å². The van der Waals surface area contributed by atoms with Gasteiger partial charge >= 0.3 is 0 Å². The van der Waals surface area contributed by atoms with Crippen LogP contribution in [0.1, 0.15) is 36.7 Å². The van der Waals surface area contributed by atoms with Crippen LogP contribution in [0.4, 0.5) is 0 Å². The van der Waals surface area contributed by atoms with Crippen LogP contribution in [0.15, 0.2) is 54.6 Å². The van der Waals surface area contributed by atoms with E-state index < -0.39 is 0 Å². The molecule has 5 heteroatoms. The number of amides is 1. The second-order valence-corrected chi connectivity index (χ2v) is 7.41. The Morgan fingerprint density at radius 2 is 1.83 bits per heavy atom. The molecule has 1 aromatic heterocycles. The van der Waals surface area contributed by atoms with Crippen molar-refractivity contribution < 1.29 is 9.53 Å². The van der Waals surface area contributed by atoms with Gasteiger partial charge in [0.2, 0.25) is 5.91 Å². The number of hydrogen-bond acceptors (Lipinski definition) is 3. The van der Waals surface area contributed by atoms with Crippen molar-refractivity contribution in [3.8, 4) is 5.75 Å². The van der Waals surface area contributed by atoms with Gasteiger partial charge in [-0.15, -0.1) is 0 Å². The Bertz CT molecular complexity index is 1000. The molecule has 3 aromatic rings. The van der Waals surface area contributed by atoms with Gasteiger partial charge in [0.1, 0.15) is 11.6 Å². The number of nitrogens with one attached hydrogen (secondary N) is 1. The fraction of sp³-hybridized carbons (Fsp3) is 0.333. The number of benzene rings is 2. The van der Waals surface area contributed by atoms with E-state index in [1.54, 1.807) is 6.92 Å². The van der Waals surface area contributed by atoms with Gasteiger partial charge in [0, 0.05) is 12.1 Å². The molecule has 29 heavy (non-hydrogen) atoms. The van der Waals surface area contributed by atoms with Crippen molar-refractivity contribution >= 4 is 16.9 Å². The lowest BCUT2D eigenvalue weighted by molar-refractivity contribution is -0.117. The number of nitrogens with zero attached hydrogens (tertiary/aromatic N) is 2. The van der Waals surface area contributed by atoms with Crippen LogP contribution in [0.25, 0.3) is 11.0 Å². The molecular weight excluding hydrogens is 362 g/mol. The number of unbranched alkanes of at least 4 members (excludes halogenated alkanes) is 1. The second kappa shape index (κ2) is 9.41. The summed E-state index contributed by atoms with van der Waals surface area (Å²) in [5.41, 5.74) is 4.86. The van der Waals surface area contributed by atoms with Gasteiger partial charge in [-0.3, -0.25) is 4.79 Å². The molecule has 2 aromatic carbocycles. The topological polar surface area (TPSA) is 56.2 Å². The van der Waals surface area contributed by atoms with Gasteiger partial charge in [-0.2, -0.15) is 0 Å². The average Bonchev–Trinajstić information content (AvgIpc) is 3.05. The first-order chi connectivity index (χ1) is 14.0. The van der Waals surface area contributed by atoms with Gasteiger partial charge < -0.3 is 14.6 Å². The Labute approximate surface area is 172 Å². The standard InChI is InChI=1S/C24H29N3O2/c1-17(2)24(28)25-16-22-26-20-12-5-6-13-21(20)27(22)14-7-8-15-29-23-18(3)10-9-11-19(23)4/h5-6,9-13H,1,7-8,14-16H2,2-4H3,(H,25,28). The Morgan fingerprint density at radius 1 is 1.10 bits per heavy atom. The minimum absolute atomic E-state index is 0.148. The number of imidazole rings is 1. The zero-order chi connectivity index (χ0) is 20.8. The predicted octanol–water partition coefficient (Wildman–Crippen LogP) is 4.70. The fourth-order valence-electron chi connectivity index (χ4n) is 3.39. The van der Waals surface area contributed by atoms with Crippen molar-refractivity contribution in [2.45, 2.75) is 46.7 Å². The van der Waals surface area contributed by atoms with E-state index in [2.05, 4.69) is 54.6 Å². The van der Waals surface area contributed by atoms with E-state index in [-0.39, 0.29) is 5.91 Å². The normalized spacial score (nSPS) is 10.9. The summed E-state index contributed by atoms with van der Waals surface area (Å²) in [5.74, 6) is 1.70. The average molecular weight is 392 g/mol. The Hall–Kier alpha value is -3.08. The van der Waals surface area contributed by atoms with Crippen LogP contribution in [-0.2, 0) is 17.9 Å². The molecule has 0 aliphatic carbocycles. The summed E-state index contributed by atoms with van der Waals surface area (Å²) in [6.45, 7) is 11.4. The zero-order valence-corrected chi connectivity index (χ0v) is 17.5. The maximum atomic E-state index is 11.9. The summed E-state index contributed by atoms with van der Waals surface area (Å²) >= 11 is 0. The summed E-state index contributed by atoms with van der Waals surface area (Å²) in [7, 11) is 0. The van der Waals surface area contributed by atoms with Crippen LogP contribution in [0, 0.1) is 13.8 Å². The minimum Gasteiger partial charge on any atom is -0.493 e. The van der Waals surface area contributed by atoms with Crippen LogP contribution in [0.5, 0.6) is 5.75 Å². The number of aryl methyl sites for hydroxylation is 3. The number of carbonyl (C=O) groups excluding carboxylic acids is 1. The fourth-order valence-corrected chi connectivity index (χ4v) is 3.39. The lowest BCUT2D eigenvalue weighted by Gasteiger charge is -2.13. The van der Waals surface area contributed by atoms with Crippen molar-refractivity contribution in [1.29, 1.82) is 0 Å². The lowest BCUT2D eigenvalue weighted by Crippen LogP contribution is -2.25. The van der Waals surface area contributed by atoms with Gasteiger partial charge in [0.25, 0.3) is 0 Å². The molecule has 0 bridgehead atoms. The maximum absolute atomic E-state index is 11.9. The van der Waals surface area contributed by atoms with E-state index in [1.165, 1.54) is 11.1 Å². The molecule has 0 unspecified atom stereocenters. The van der Waals surface area contributed by atoms with Gasteiger partial charge in [0.15, 0.2) is 0 Å². The van der Waals surface area contributed by atoms with Crippen LogP contribution in [0.2, 0.25) is 0 Å². The highest BCUT2D eigenvalue weighted by Crippen LogP contribution is 2.23. The Morgan fingerprint density at radius 3 is 2.55 bits per heavy atom. The molecule has 0 aliphatic heterocycles. The monoisotopic (exact) mass is 391 g/mol. The first-order valence-electron chi connectivity index (χ1n) is 10.0. The Balaban J connectivity index is 1.62. The molecule has 152 valence electrons. The number of fused-ring (bicyclic) bond motifs is 1. The molecule has 0 spiro atoms. The van der Waals surface area contributed by atoms with E-state index in [0.29, 0.717) is 18.7 Å². The van der Waals surface area contributed by atoms with Crippen LogP contribution in [0.3, 0.4) is 0 Å². The zero-order valence-electron chi connectivity index (χ0n) is 17.5. The smallest absolute Gasteiger partial charge is 0.246 e. The molecule has 1 amide bonds. The summed E-state index contributed by atoms with van der Waals surface area (Å²) in [4.78, 5) is 16.6. The lowest BCUT2D eigenvalue weighted by atomic mass is 10.1. The number of rotatable bonds is 9. The summed E-state index contributed by atoms with van der Waals surface area (Å²) in [6.07, 6.45) is 1.91.